The Morgan fingerprint density at radius 2 is 1.83 bits per heavy atom. The number of benzene rings is 2. The van der Waals surface area contributed by atoms with Crippen molar-refractivity contribution in [1.29, 1.82) is 0 Å². The Morgan fingerprint density at radius 1 is 1.09 bits per heavy atom. The van der Waals surface area contributed by atoms with Crippen LogP contribution in [0.15, 0.2) is 42.5 Å². The molecule has 0 aliphatic heterocycles. The molecule has 2 aromatic rings. The second-order valence-electron chi connectivity index (χ2n) is 4.79. The van der Waals surface area contributed by atoms with Gasteiger partial charge in [0.05, 0.1) is 19.9 Å². The number of thiocarbonyl (C=S) groups is 1. The van der Waals surface area contributed by atoms with Crippen LogP contribution in [0.2, 0.25) is 0 Å². The fourth-order valence-corrected chi connectivity index (χ4v) is 2.26. The van der Waals surface area contributed by atoms with Crippen molar-refractivity contribution >= 4 is 28.9 Å². The van der Waals surface area contributed by atoms with E-state index in [4.69, 9.17) is 21.7 Å². The number of amides is 1. The molecule has 120 valence electrons. The van der Waals surface area contributed by atoms with Crippen LogP contribution < -0.4 is 20.1 Å². The van der Waals surface area contributed by atoms with Crippen LogP contribution in [0.1, 0.15) is 15.9 Å². The molecule has 0 atom stereocenters. The minimum Gasteiger partial charge on any atom is -0.497 e. The third kappa shape index (κ3) is 4.20. The zero-order valence-corrected chi connectivity index (χ0v) is 14.0. The van der Waals surface area contributed by atoms with Crippen LogP contribution in [0.3, 0.4) is 0 Å². The van der Waals surface area contributed by atoms with Crippen LogP contribution in [0, 0.1) is 6.92 Å². The Hall–Kier alpha value is -2.60. The average Bonchev–Trinajstić information content (AvgIpc) is 2.55. The lowest BCUT2D eigenvalue weighted by Gasteiger charge is -2.14. The topological polar surface area (TPSA) is 59.6 Å². The van der Waals surface area contributed by atoms with Gasteiger partial charge in [0.15, 0.2) is 5.11 Å². The van der Waals surface area contributed by atoms with E-state index in [1.54, 1.807) is 38.5 Å². The minimum atomic E-state index is -0.256. The maximum Gasteiger partial charge on any atom is 0.257 e. The number of hydrogen-bond acceptors (Lipinski definition) is 4. The average molecular weight is 330 g/mol. The number of carbonyl (C=O) groups excluding carboxylic acids is 1. The summed E-state index contributed by atoms with van der Waals surface area (Å²) < 4.78 is 10.4. The number of methoxy groups -OCH3 is 2. The predicted octanol–water partition coefficient (Wildman–Crippen LogP) is 3.14. The van der Waals surface area contributed by atoms with Gasteiger partial charge in [-0.1, -0.05) is 18.2 Å². The lowest BCUT2D eigenvalue weighted by molar-refractivity contribution is 0.0977. The van der Waals surface area contributed by atoms with Gasteiger partial charge in [-0.3, -0.25) is 10.1 Å². The normalized spacial score (nSPS) is 9.87. The smallest absolute Gasteiger partial charge is 0.257 e. The van der Waals surface area contributed by atoms with Crippen LogP contribution in [0.5, 0.6) is 11.5 Å². The first-order valence-electron chi connectivity index (χ1n) is 6.95. The van der Waals surface area contributed by atoms with Crippen molar-refractivity contribution in [2.75, 3.05) is 19.5 Å². The number of carbonyl (C=O) groups is 1. The second kappa shape index (κ2) is 7.60. The molecule has 2 aromatic carbocycles. The molecule has 6 heteroatoms. The quantitative estimate of drug-likeness (QED) is 0.844. The van der Waals surface area contributed by atoms with Gasteiger partial charge in [-0.25, -0.2) is 0 Å². The highest BCUT2D eigenvalue weighted by molar-refractivity contribution is 7.80. The van der Waals surface area contributed by atoms with E-state index in [-0.39, 0.29) is 11.0 Å². The van der Waals surface area contributed by atoms with E-state index >= 15 is 0 Å². The molecule has 23 heavy (non-hydrogen) atoms. The van der Waals surface area contributed by atoms with E-state index in [1.165, 1.54) is 0 Å². The van der Waals surface area contributed by atoms with Crippen molar-refractivity contribution in [1.82, 2.24) is 5.32 Å². The Labute approximate surface area is 140 Å². The summed E-state index contributed by atoms with van der Waals surface area (Å²) in [5.74, 6) is 0.979. The van der Waals surface area contributed by atoms with Gasteiger partial charge in [0.2, 0.25) is 0 Å². The van der Waals surface area contributed by atoms with E-state index in [2.05, 4.69) is 10.6 Å². The van der Waals surface area contributed by atoms with Crippen molar-refractivity contribution in [3.8, 4) is 11.5 Å². The van der Waals surface area contributed by atoms with Crippen molar-refractivity contribution in [2.45, 2.75) is 6.92 Å². The van der Waals surface area contributed by atoms with Crippen LogP contribution in [-0.2, 0) is 0 Å². The maximum atomic E-state index is 12.2. The lowest BCUT2D eigenvalue weighted by Crippen LogP contribution is -2.34. The molecule has 0 bridgehead atoms. The molecule has 1 amide bonds. The van der Waals surface area contributed by atoms with Gasteiger partial charge in [0.25, 0.3) is 5.91 Å². The minimum absolute atomic E-state index is 0.196. The predicted molar refractivity (Wildman–Crippen MR) is 94.4 cm³/mol. The largest absolute Gasteiger partial charge is 0.497 e. The molecular formula is C17H18N2O3S. The van der Waals surface area contributed by atoms with Crippen molar-refractivity contribution in [3.63, 3.8) is 0 Å². The summed E-state index contributed by atoms with van der Waals surface area (Å²) in [4.78, 5) is 12.2. The third-order valence-electron chi connectivity index (χ3n) is 3.27. The number of ether oxygens (including phenoxy) is 2. The standard InChI is InChI=1S/C17H18N2O3S/c1-11-6-4-5-7-13(11)16(20)19-17(23)18-14-9-8-12(21-2)10-15(14)22-3/h4-10H,1-3H3,(H2,18,19,20,23). The molecule has 0 spiro atoms. The van der Waals surface area contributed by atoms with Crippen molar-refractivity contribution < 1.29 is 14.3 Å². The third-order valence-corrected chi connectivity index (χ3v) is 3.48. The molecule has 2 N–H and O–H groups in total. The summed E-state index contributed by atoms with van der Waals surface area (Å²) in [5.41, 5.74) is 2.11. The summed E-state index contributed by atoms with van der Waals surface area (Å²) in [6, 6.07) is 12.6. The molecule has 0 radical (unpaired) electrons. The van der Waals surface area contributed by atoms with Gasteiger partial charge < -0.3 is 14.8 Å². The van der Waals surface area contributed by atoms with E-state index in [0.29, 0.717) is 22.7 Å². The number of nitrogens with one attached hydrogen (secondary N) is 2. The first kappa shape index (κ1) is 16.8. The zero-order chi connectivity index (χ0) is 16.8. The van der Waals surface area contributed by atoms with Gasteiger partial charge in [-0.2, -0.15) is 0 Å². The van der Waals surface area contributed by atoms with Gasteiger partial charge in [0, 0.05) is 11.6 Å². The number of anilines is 1. The Morgan fingerprint density at radius 3 is 2.48 bits per heavy atom. The molecule has 0 aliphatic rings. The summed E-state index contributed by atoms with van der Waals surface area (Å²) >= 11 is 5.19. The van der Waals surface area contributed by atoms with Gasteiger partial charge in [0.1, 0.15) is 11.5 Å². The SMILES string of the molecule is COc1ccc(NC(=S)NC(=O)c2ccccc2C)c(OC)c1. The molecule has 0 fully saturated rings. The fourth-order valence-electron chi connectivity index (χ4n) is 2.05. The van der Waals surface area contributed by atoms with Crippen molar-refractivity contribution in [2.24, 2.45) is 0 Å². The number of aryl methyl sites for hydroxylation is 1. The van der Waals surface area contributed by atoms with E-state index in [0.717, 1.165) is 5.56 Å². The van der Waals surface area contributed by atoms with Crippen LogP contribution in [-0.4, -0.2) is 25.2 Å². The summed E-state index contributed by atoms with van der Waals surface area (Å²) in [5, 5.41) is 5.81. The molecule has 0 saturated heterocycles. The molecule has 0 aliphatic carbocycles. The van der Waals surface area contributed by atoms with Gasteiger partial charge in [-0.15, -0.1) is 0 Å². The molecule has 0 heterocycles. The van der Waals surface area contributed by atoms with Gasteiger partial charge >= 0.3 is 0 Å². The van der Waals surface area contributed by atoms with E-state index in [9.17, 15) is 4.79 Å². The number of rotatable bonds is 4. The first-order valence-corrected chi connectivity index (χ1v) is 7.36. The monoisotopic (exact) mass is 330 g/mol. The molecular weight excluding hydrogens is 312 g/mol. The molecule has 0 saturated carbocycles. The van der Waals surface area contributed by atoms with Crippen LogP contribution >= 0.6 is 12.2 Å². The van der Waals surface area contributed by atoms with Crippen LogP contribution in [0.25, 0.3) is 0 Å². The maximum absolute atomic E-state index is 12.2. The summed E-state index contributed by atoms with van der Waals surface area (Å²) in [6.45, 7) is 1.87. The van der Waals surface area contributed by atoms with Gasteiger partial charge in [-0.05, 0) is 42.9 Å². The highest BCUT2D eigenvalue weighted by atomic mass is 32.1. The highest BCUT2D eigenvalue weighted by Crippen LogP contribution is 2.28. The van der Waals surface area contributed by atoms with Crippen molar-refractivity contribution in [3.05, 3.63) is 53.6 Å². The fraction of sp³-hybridized carbons (Fsp3) is 0.176. The Kier molecular flexibility index (Phi) is 5.54. The lowest BCUT2D eigenvalue weighted by atomic mass is 10.1. The Bertz CT molecular complexity index is 732. The second-order valence-corrected chi connectivity index (χ2v) is 5.20. The highest BCUT2D eigenvalue weighted by Gasteiger charge is 2.12. The zero-order valence-electron chi connectivity index (χ0n) is 13.2. The van der Waals surface area contributed by atoms with E-state index < -0.39 is 0 Å². The van der Waals surface area contributed by atoms with Crippen LogP contribution in [0.4, 0.5) is 5.69 Å². The first-order chi connectivity index (χ1) is 11.0. The number of hydrogen-bond donors (Lipinski definition) is 2. The summed E-state index contributed by atoms with van der Waals surface area (Å²) in [7, 11) is 3.13. The molecule has 2 rings (SSSR count). The molecule has 0 aromatic heterocycles. The molecule has 0 unspecified atom stereocenters. The van der Waals surface area contributed by atoms with E-state index in [1.807, 2.05) is 25.1 Å². The summed E-state index contributed by atoms with van der Waals surface area (Å²) in [6.07, 6.45) is 0. The Balaban J connectivity index is 2.08. The molecule has 5 nitrogen and oxygen atoms in total.